The third-order valence-electron chi connectivity index (χ3n) is 6.15. The first kappa shape index (κ1) is 22.4. The summed E-state index contributed by atoms with van der Waals surface area (Å²) in [6, 6.07) is 8.97. The smallest absolute Gasteiger partial charge is 0.269 e. The molecule has 0 spiro atoms. The monoisotopic (exact) mass is 471 g/mol. The van der Waals surface area contributed by atoms with Crippen molar-refractivity contribution in [1.82, 2.24) is 40.2 Å². The van der Waals surface area contributed by atoms with Gasteiger partial charge < -0.3 is 15.2 Å². The Morgan fingerprint density at radius 3 is 2.89 bits per heavy atom. The molecule has 0 atom stereocenters. The minimum atomic E-state index is -0.251. The first-order valence-electron chi connectivity index (χ1n) is 11.5. The molecule has 3 aromatic heterocycles. The molecule has 0 fully saturated rings. The van der Waals surface area contributed by atoms with Gasteiger partial charge in [-0.05, 0) is 55.5 Å². The summed E-state index contributed by atoms with van der Waals surface area (Å²) in [5, 5.41) is 21.4. The van der Waals surface area contributed by atoms with E-state index in [4.69, 9.17) is 0 Å². The number of hydrogen-bond donors (Lipinski definition) is 3. The van der Waals surface area contributed by atoms with Crippen LogP contribution in [-0.2, 0) is 33.0 Å². The van der Waals surface area contributed by atoms with E-state index < -0.39 is 0 Å². The normalized spacial score (nSPS) is 12.7. The van der Waals surface area contributed by atoms with Gasteiger partial charge in [0.2, 0.25) is 0 Å². The summed E-state index contributed by atoms with van der Waals surface area (Å²) in [4.78, 5) is 33.3. The fourth-order valence-electron chi connectivity index (χ4n) is 4.23. The Hall–Kier alpha value is -4.41. The lowest BCUT2D eigenvalue weighted by molar-refractivity contribution is 0.0950. The maximum absolute atomic E-state index is 12.8. The summed E-state index contributed by atoms with van der Waals surface area (Å²) >= 11 is 0. The molecule has 1 amide bonds. The standard InChI is InChI=1S/C24H25N9O2/c1-33-21(30-31-22(33)20-9-10-25-14-28-20)13-26-16-6-4-5-15(11-16)23(34)27-12-18-17-7-2-3-8-19(17)29-32-24(18)35/h4-6,9-11,14,26H,2-3,7-8,12-13H2,1H3,(H,27,34)(H,32,35). The molecule has 0 radical (unpaired) electrons. The number of aromatic nitrogens is 7. The van der Waals surface area contributed by atoms with E-state index in [0.717, 1.165) is 48.5 Å². The van der Waals surface area contributed by atoms with Crippen LogP contribution in [0.2, 0.25) is 0 Å². The molecule has 35 heavy (non-hydrogen) atoms. The van der Waals surface area contributed by atoms with Crippen molar-refractivity contribution in [3.8, 4) is 11.5 Å². The number of anilines is 1. The highest BCUT2D eigenvalue weighted by atomic mass is 16.2. The molecule has 0 bridgehead atoms. The number of H-pyrrole nitrogens is 1. The molecule has 11 heteroatoms. The van der Waals surface area contributed by atoms with Crippen molar-refractivity contribution >= 4 is 11.6 Å². The molecular weight excluding hydrogens is 446 g/mol. The van der Waals surface area contributed by atoms with Crippen LogP contribution >= 0.6 is 0 Å². The number of aromatic amines is 1. The molecule has 178 valence electrons. The highest BCUT2D eigenvalue weighted by Crippen LogP contribution is 2.20. The van der Waals surface area contributed by atoms with E-state index in [9.17, 15) is 9.59 Å². The van der Waals surface area contributed by atoms with Gasteiger partial charge in [-0.25, -0.2) is 15.1 Å². The van der Waals surface area contributed by atoms with Crippen molar-refractivity contribution in [3.63, 3.8) is 0 Å². The SMILES string of the molecule is Cn1c(CNc2cccc(C(=O)NCc3c4c(n[nH]c3=O)CCCC4)c2)nnc1-c1ccncn1. The highest BCUT2D eigenvalue weighted by molar-refractivity contribution is 5.95. The van der Waals surface area contributed by atoms with Crippen LogP contribution in [0.15, 0.2) is 47.7 Å². The molecule has 0 aliphatic heterocycles. The summed E-state index contributed by atoms with van der Waals surface area (Å²) in [7, 11) is 1.87. The zero-order chi connectivity index (χ0) is 24.2. The largest absolute Gasteiger partial charge is 0.378 e. The maximum Gasteiger partial charge on any atom is 0.269 e. The van der Waals surface area contributed by atoms with Crippen LogP contribution < -0.4 is 16.2 Å². The van der Waals surface area contributed by atoms with E-state index in [1.54, 1.807) is 30.5 Å². The van der Waals surface area contributed by atoms with E-state index in [1.807, 2.05) is 17.7 Å². The number of hydrogen-bond acceptors (Lipinski definition) is 8. The number of carbonyl (C=O) groups is 1. The summed E-state index contributed by atoms with van der Waals surface area (Å²) in [6.45, 7) is 0.583. The molecule has 3 heterocycles. The van der Waals surface area contributed by atoms with Crippen LogP contribution in [0.4, 0.5) is 5.69 Å². The van der Waals surface area contributed by atoms with Gasteiger partial charge in [0.15, 0.2) is 11.6 Å². The second kappa shape index (κ2) is 9.84. The van der Waals surface area contributed by atoms with Gasteiger partial charge in [-0.2, -0.15) is 5.10 Å². The minimum Gasteiger partial charge on any atom is -0.378 e. The quantitative estimate of drug-likeness (QED) is 0.370. The number of aryl methyl sites for hydroxylation is 1. The Balaban J connectivity index is 1.24. The average molecular weight is 472 g/mol. The van der Waals surface area contributed by atoms with Crippen LogP contribution in [0.3, 0.4) is 0 Å². The Labute approximate surface area is 201 Å². The van der Waals surface area contributed by atoms with Gasteiger partial charge in [0.1, 0.15) is 12.0 Å². The third-order valence-corrected chi connectivity index (χ3v) is 6.15. The molecule has 0 saturated heterocycles. The Morgan fingerprint density at radius 1 is 1.14 bits per heavy atom. The van der Waals surface area contributed by atoms with Crippen molar-refractivity contribution in [2.45, 2.75) is 38.8 Å². The topological polar surface area (TPSA) is 143 Å². The maximum atomic E-state index is 12.8. The number of nitrogens with one attached hydrogen (secondary N) is 3. The van der Waals surface area contributed by atoms with Gasteiger partial charge in [-0.1, -0.05) is 6.07 Å². The van der Waals surface area contributed by atoms with Crippen molar-refractivity contribution in [2.24, 2.45) is 7.05 Å². The van der Waals surface area contributed by atoms with E-state index in [2.05, 4.69) is 41.0 Å². The fraction of sp³-hybridized carbons (Fsp3) is 0.292. The number of carbonyl (C=O) groups excluding carboxylic acids is 1. The molecule has 0 saturated carbocycles. The van der Waals surface area contributed by atoms with E-state index >= 15 is 0 Å². The van der Waals surface area contributed by atoms with Crippen LogP contribution in [0, 0.1) is 0 Å². The lowest BCUT2D eigenvalue weighted by Crippen LogP contribution is -2.30. The zero-order valence-corrected chi connectivity index (χ0v) is 19.3. The molecular formula is C24H25N9O2. The van der Waals surface area contributed by atoms with Gasteiger partial charge in [-0.15, -0.1) is 10.2 Å². The van der Waals surface area contributed by atoms with E-state index in [-0.39, 0.29) is 18.0 Å². The van der Waals surface area contributed by atoms with Crippen LogP contribution in [0.25, 0.3) is 11.5 Å². The first-order valence-corrected chi connectivity index (χ1v) is 11.5. The molecule has 4 aromatic rings. The molecule has 1 aliphatic carbocycles. The lowest BCUT2D eigenvalue weighted by atomic mass is 9.93. The number of fused-ring (bicyclic) bond motifs is 1. The number of rotatable bonds is 7. The summed E-state index contributed by atoms with van der Waals surface area (Å²) in [6.07, 6.45) is 6.89. The molecule has 1 aromatic carbocycles. The van der Waals surface area contributed by atoms with Gasteiger partial charge in [-0.3, -0.25) is 9.59 Å². The predicted octanol–water partition coefficient (Wildman–Crippen LogP) is 1.78. The van der Waals surface area contributed by atoms with Crippen molar-refractivity contribution in [3.05, 3.63) is 81.4 Å². The predicted molar refractivity (Wildman–Crippen MR) is 128 cm³/mol. The minimum absolute atomic E-state index is 0.168. The second-order valence-electron chi connectivity index (χ2n) is 8.37. The average Bonchev–Trinajstić information content (AvgIpc) is 3.27. The summed E-state index contributed by atoms with van der Waals surface area (Å²) in [5.74, 6) is 1.11. The van der Waals surface area contributed by atoms with Crippen molar-refractivity contribution in [1.29, 1.82) is 0 Å². The molecule has 5 rings (SSSR count). The molecule has 11 nitrogen and oxygen atoms in total. The lowest BCUT2D eigenvalue weighted by Gasteiger charge is -2.17. The van der Waals surface area contributed by atoms with Crippen LogP contribution in [-0.4, -0.2) is 40.8 Å². The number of benzene rings is 1. The van der Waals surface area contributed by atoms with Crippen LogP contribution in [0.5, 0.6) is 0 Å². The Bertz CT molecular complexity index is 1410. The number of nitrogens with zero attached hydrogens (tertiary/aromatic N) is 6. The summed E-state index contributed by atoms with van der Waals surface area (Å²) in [5.41, 5.74) is 4.20. The fourth-order valence-corrected chi connectivity index (χ4v) is 4.23. The van der Waals surface area contributed by atoms with Gasteiger partial charge in [0, 0.05) is 36.6 Å². The number of amides is 1. The van der Waals surface area contributed by atoms with Crippen molar-refractivity contribution < 1.29 is 4.79 Å². The third kappa shape index (κ3) is 4.79. The van der Waals surface area contributed by atoms with E-state index in [1.165, 1.54) is 6.33 Å². The van der Waals surface area contributed by atoms with Gasteiger partial charge in [0.05, 0.1) is 12.2 Å². The van der Waals surface area contributed by atoms with Gasteiger partial charge in [0.25, 0.3) is 11.5 Å². The van der Waals surface area contributed by atoms with Crippen molar-refractivity contribution in [2.75, 3.05) is 5.32 Å². The molecule has 3 N–H and O–H groups in total. The summed E-state index contributed by atoms with van der Waals surface area (Å²) < 4.78 is 1.86. The Kier molecular flexibility index (Phi) is 6.29. The first-order chi connectivity index (χ1) is 17.1. The second-order valence-corrected chi connectivity index (χ2v) is 8.37. The molecule has 0 unspecified atom stereocenters. The van der Waals surface area contributed by atoms with Gasteiger partial charge >= 0.3 is 0 Å². The van der Waals surface area contributed by atoms with Crippen LogP contribution in [0.1, 0.15) is 45.8 Å². The molecule has 1 aliphatic rings. The zero-order valence-electron chi connectivity index (χ0n) is 19.3. The highest BCUT2D eigenvalue weighted by Gasteiger charge is 2.18. The Morgan fingerprint density at radius 2 is 2.03 bits per heavy atom. The van der Waals surface area contributed by atoms with E-state index in [0.29, 0.717) is 29.2 Å².